The van der Waals surface area contributed by atoms with Gasteiger partial charge in [0.2, 0.25) is 5.91 Å². The molecule has 3 aromatic heterocycles. The van der Waals surface area contributed by atoms with Crippen molar-refractivity contribution in [3.63, 3.8) is 0 Å². The predicted octanol–water partition coefficient (Wildman–Crippen LogP) is 2.55. The SMILES string of the molecule is C=CC(=O)N1Cc2cnc(Nc3cc(Cl)nc4ccnn34)cc2C1. The maximum absolute atomic E-state index is 11.8. The van der Waals surface area contributed by atoms with E-state index in [0.717, 1.165) is 11.1 Å². The quantitative estimate of drug-likeness (QED) is 0.586. The van der Waals surface area contributed by atoms with Crippen molar-refractivity contribution < 1.29 is 4.79 Å². The van der Waals surface area contributed by atoms with Gasteiger partial charge in [0.05, 0.1) is 6.20 Å². The number of hydrogen-bond donors (Lipinski definition) is 1. The summed E-state index contributed by atoms with van der Waals surface area (Å²) in [6.45, 7) is 4.63. The molecule has 0 spiro atoms. The van der Waals surface area contributed by atoms with Crippen molar-refractivity contribution in [2.24, 2.45) is 0 Å². The van der Waals surface area contributed by atoms with E-state index < -0.39 is 0 Å². The second-order valence-electron chi connectivity index (χ2n) is 5.43. The third-order valence-corrected chi connectivity index (χ3v) is 4.07. The van der Waals surface area contributed by atoms with Crippen molar-refractivity contribution in [1.82, 2.24) is 24.5 Å². The molecular weight excluding hydrogens is 328 g/mol. The monoisotopic (exact) mass is 340 g/mol. The van der Waals surface area contributed by atoms with Crippen molar-refractivity contribution in [3.05, 3.63) is 59.5 Å². The normalized spacial score (nSPS) is 13.1. The highest BCUT2D eigenvalue weighted by atomic mass is 35.5. The Labute approximate surface area is 142 Å². The molecule has 0 unspecified atom stereocenters. The first-order valence-corrected chi connectivity index (χ1v) is 7.68. The number of rotatable bonds is 3. The highest BCUT2D eigenvalue weighted by Crippen LogP contribution is 2.26. The smallest absolute Gasteiger partial charge is 0.246 e. The number of carbonyl (C=O) groups is 1. The summed E-state index contributed by atoms with van der Waals surface area (Å²) >= 11 is 6.04. The number of hydrogen-bond acceptors (Lipinski definition) is 5. The van der Waals surface area contributed by atoms with Crippen molar-refractivity contribution in [2.75, 3.05) is 5.32 Å². The van der Waals surface area contributed by atoms with Crippen LogP contribution in [0.1, 0.15) is 11.1 Å². The van der Waals surface area contributed by atoms with Crippen LogP contribution in [0.15, 0.2) is 43.2 Å². The summed E-state index contributed by atoms with van der Waals surface area (Å²) in [5.74, 6) is 1.24. The molecule has 1 N–H and O–H groups in total. The predicted molar refractivity (Wildman–Crippen MR) is 90.0 cm³/mol. The number of pyridine rings is 1. The van der Waals surface area contributed by atoms with E-state index in [1.807, 2.05) is 6.07 Å². The molecule has 0 atom stereocenters. The summed E-state index contributed by atoms with van der Waals surface area (Å²) in [4.78, 5) is 22.1. The minimum Gasteiger partial charge on any atom is -0.330 e. The van der Waals surface area contributed by atoms with Crippen LogP contribution in [0.5, 0.6) is 0 Å². The summed E-state index contributed by atoms with van der Waals surface area (Å²) in [5.41, 5.74) is 2.74. The molecule has 120 valence electrons. The van der Waals surface area contributed by atoms with E-state index in [0.29, 0.717) is 35.5 Å². The molecule has 1 aliphatic heterocycles. The number of fused-ring (bicyclic) bond motifs is 2. The number of nitrogens with zero attached hydrogens (tertiary/aromatic N) is 5. The van der Waals surface area contributed by atoms with Crippen molar-refractivity contribution in [1.29, 1.82) is 0 Å². The Bertz CT molecular complexity index is 966. The first-order chi connectivity index (χ1) is 11.6. The van der Waals surface area contributed by atoms with E-state index >= 15 is 0 Å². The Morgan fingerprint density at radius 1 is 1.33 bits per heavy atom. The number of nitrogens with one attached hydrogen (secondary N) is 1. The van der Waals surface area contributed by atoms with Gasteiger partial charge in [-0.15, -0.1) is 0 Å². The standard InChI is InChI=1S/C16H13ClN6O/c1-2-16(24)22-8-10-5-13(18-7-11(10)9-22)21-15-6-12(17)20-14-3-4-19-23(14)15/h2-7H,1,8-9H2,(H,18,21). The second-order valence-corrected chi connectivity index (χ2v) is 5.81. The summed E-state index contributed by atoms with van der Waals surface area (Å²) in [6, 6.07) is 5.38. The number of anilines is 2. The maximum atomic E-state index is 11.8. The lowest BCUT2D eigenvalue weighted by Gasteiger charge is -2.11. The van der Waals surface area contributed by atoms with Gasteiger partial charge in [-0.25, -0.2) is 9.97 Å². The van der Waals surface area contributed by atoms with Gasteiger partial charge in [0.15, 0.2) is 5.65 Å². The molecule has 4 heterocycles. The third-order valence-electron chi connectivity index (χ3n) is 3.88. The first-order valence-electron chi connectivity index (χ1n) is 7.30. The lowest BCUT2D eigenvalue weighted by atomic mass is 10.2. The van der Waals surface area contributed by atoms with E-state index in [2.05, 4.69) is 27.0 Å². The molecule has 1 amide bonds. The van der Waals surface area contributed by atoms with Crippen LogP contribution in [0.3, 0.4) is 0 Å². The largest absolute Gasteiger partial charge is 0.330 e. The zero-order chi connectivity index (χ0) is 16.7. The maximum Gasteiger partial charge on any atom is 0.246 e. The fourth-order valence-electron chi connectivity index (χ4n) is 2.74. The lowest BCUT2D eigenvalue weighted by Crippen LogP contribution is -2.22. The van der Waals surface area contributed by atoms with E-state index in [-0.39, 0.29) is 5.91 Å². The highest BCUT2D eigenvalue weighted by molar-refractivity contribution is 6.29. The van der Waals surface area contributed by atoms with Crippen LogP contribution in [0.2, 0.25) is 5.15 Å². The lowest BCUT2D eigenvalue weighted by molar-refractivity contribution is -0.126. The van der Waals surface area contributed by atoms with Gasteiger partial charge < -0.3 is 10.2 Å². The Balaban J connectivity index is 1.64. The summed E-state index contributed by atoms with van der Waals surface area (Å²) in [7, 11) is 0. The molecule has 3 aromatic rings. The molecule has 0 bridgehead atoms. The Morgan fingerprint density at radius 3 is 3.00 bits per heavy atom. The van der Waals surface area contributed by atoms with Crippen molar-refractivity contribution >= 4 is 34.8 Å². The molecular formula is C16H13ClN6O. The molecule has 1 aliphatic rings. The van der Waals surface area contributed by atoms with Crippen molar-refractivity contribution in [2.45, 2.75) is 13.1 Å². The Hall–Kier alpha value is -2.93. The van der Waals surface area contributed by atoms with Crippen LogP contribution >= 0.6 is 11.6 Å². The van der Waals surface area contributed by atoms with Gasteiger partial charge in [0.1, 0.15) is 16.8 Å². The average Bonchev–Trinajstić information content (AvgIpc) is 3.19. The van der Waals surface area contributed by atoms with Gasteiger partial charge >= 0.3 is 0 Å². The molecule has 0 aliphatic carbocycles. The minimum atomic E-state index is -0.0834. The third kappa shape index (κ3) is 2.48. The van der Waals surface area contributed by atoms with Gasteiger partial charge in [-0.3, -0.25) is 4.79 Å². The van der Waals surface area contributed by atoms with Gasteiger partial charge in [-0.1, -0.05) is 18.2 Å². The number of amides is 1. The fraction of sp³-hybridized carbons (Fsp3) is 0.125. The Morgan fingerprint density at radius 2 is 2.17 bits per heavy atom. The fourth-order valence-corrected chi connectivity index (χ4v) is 2.93. The summed E-state index contributed by atoms with van der Waals surface area (Å²) in [6.07, 6.45) is 4.75. The second kappa shape index (κ2) is 5.61. The van der Waals surface area contributed by atoms with Crippen LogP contribution in [0.4, 0.5) is 11.6 Å². The summed E-state index contributed by atoms with van der Waals surface area (Å²) in [5, 5.41) is 7.79. The van der Waals surface area contributed by atoms with E-state index in [1.54, 1.807) is 33.9 Å². The molecule has 7 nitrogen and oxygen atoms in total. The van der Waals surface area contributed by atoms with Crippen LogP contribution < -0.4 is 5.32 Å². The number of aromatic nitrogens is 4. The molecule has 0 fully saturated rings. The van der Waals surface area contributed by atoms with E-state index in [9.17, 15) is 4.79 Å². The van der Waals surface area contributed by atoms with Crippen LogP contribution in [0.25, 0.3) is 5.65 Å². The highest BCUT2D eigenvalue weighted by Gasteiger charge is 2.22. The molecule has 0 radical (unpaired) electrons. The molecule has 24 heavy (non-hydrogen) atoms. The zero-order valence-electron chi connectivity index (χ0n) is 12.6. The molecule has 0 aromatic carbocycles. The minimum absolute atomic E-state index is 0.0834. The first kappa shape index (κ1) is 14.6. The zero-order valence-corrected chi connectivity index (χ0v) is 13.4. The molecule has 0 saturated carbocycles. The van der Waals surface area contributed by atoms with Gasteiger partial charge in [0, 0.05) is 31.4 Å². The number of carbonyl (C=O) groups excluding carboxylic acids is 1. The Kier molecular flexibility index (Phi) is 3.42. The van der Waals surface area contributed by atoms with Gasteiger partial charge in [0.25, 0.3) is 0 Å². The topological polar surface area (TPSA) is 75.4 Å². The number of halogens is 1. The van der Waals surface area contributed by atoms with E-state index in [1.165, 1.54) is 6.08 Å². The van der Waals surface area contributed by atoms with Crippen LogP contribution in [-0.4, -0.2) is 30.4 Å². The van der Waals surface area contributed by atoms with Gasteiger partial charge in [-0.05, 0) is 23.3 Å². The van der Waals surface area contributed by atoms with Crippen molar-refractivity contribution in [3.8, 4) is 0 Å². The average molecular weight is 341 g/mol. The van der Waals surface area contributed by atoms with E-state index in [4.69, 9.17) is 11.6 Å². The summed E-state index contributed by atoms with van der Waals surface area (Å²) < 4.78 is 1.65. The van der Waals surface area contributed by atoms with Crippen LogP contribution in [0, 0.1) is 0 Å². The van der Waals surface area contributed by atoms with Crippen LogP contribution in [-0.2, 0) is 17.9 Å². The molecule has 4 rings (SSSR count). The van der Waals surface area contributed by atoms with Gasteiger partial charge in [-0.2, -0.15) is 9.61 Å². The molecule has 8 heteroatoms. The molecule has 0 saturated heterocycles.